The minimum Gasteiger partial charge on any atom is -0.370 e. The number of aromatic nitrogens is 1. The molecule has 0 aliphatic rings. The van der Waals surface area contributed by atoms with Crippen molar-refractivity contribution in [3.8, 4) is 0 Å². The van der Waals surface area contributed by atoms with Gasteiger partial charge < -0.3 is 10.6 Å². The number of amides is 1. The van der Waals surface area contributed by atoms with Crippen molar-refractivity contribution in [3.63, 3.8) is 0 Å². The van der Waals surface area contributed by atoms with Gasteiger partial charge in [0.1, 0.15) is 11.6 Å². The molecule has 0 aliphatic heterocycles. The highest BCUT2D eigenvalue weighted by atomic mass is 19.2. The van der Waals surface area contributed by atoms with E-state index in [1.54, 1.807) is 0 Å². The van der Waals surface area contributed by atoms with Gasteiger partial charge in [-0.1, -0.05) is 0 Å². The summed E-state index contributed by atoms with van der Waals surface area (Å²) < 4.78 is 39.6. The van der Waals surface area contributed by atoms with Crippen molar-refractivity contribution in [1.29, 1.82) is 0 Å². The molecule has 7 heteroatoms. The molecule has 0 spiro atoms. The van der Waals surface area contributed by atoms with Gasteiger partial charge in [-0.3, -0.25) is 4.79 Å². The van der Waals surface area contributed by atoms with E-state index in [0.717, 1.165) is 0 Å². The Labute approximate surface area is 119 Å². The molecule has 21 heavy (non-hydrogen) atoms. The van der Waals surface area contributed by atoms with Gasteiger partial charge in [0, 0.05) is 30.4 Å². The summed E-state index contributed by atoms with van der Waals surface area (Å²) in [6.45, 7) is 2.47. The second kappa shape index (κ2) is 6.25. The molecule has 0 atom stereocenters. The SMILES string of the molecule is CCNc1cc(C(=O)Nc2cc(F)cc(F)c2F)ccn1. The average molecular weight is 295 g/mol. The molecule has 0 bridgehead atoms. The number of carbonyl (C=O) groups is 1. The third kappa shape index (κ3) is 3.50. The van der Waals surface area contributed by atoms with Gasteiger partial charge in [-0.25, -0.2) is 18.2 Å². The van der Waals surface area contributed by atoms with E-state index in [0.29, 0.717) is 24.5 Å². The van der Waals surface area contributed by atoms with Crippen LogP contribution >= 0.6 is 0 Å². The molecule has 0 unspecified atom stereocenters. The van der Waals surface area contributed by atoms with Crippen LogP contribution in [0.1, 0.15) is 17.3 Å². The molecule has 0 saturated carbocycles. The number of anilines is 2. The van der Waals surface area contributed by atoms with Crippen LogP contribution in [0.25, 0.3) is 0 Å². The monoisotopic (exact) mass is 295 g/mol. The predicted octanol–water partition coefficient (Wildman–Crippen LogP) is 3.18. The fraction of sp³-hybridized carbons (Fsp3) is 0.143. The zero-order valence-electron chi connectivity index (χ0n) is 11.1. The fourth-order valence-corrected chi connectivity index (χ4v) is 1.69. The number of halogens is 3. The maximum absolute atomic E-state index is 13.5. The lowest BCUT2D eigenvalue weighted by molar-refractivity contribution is 0.102. The quantitative estimate of drug-likeness (QED) is 0.852. The minimum atomic E-state index is -1.37. The maximum atomic E-state index is 13.5. The summed E-state index contributed by atoms with van der Waals surface area (Å²) in [5, 5.41) is 5.04. The van der Waals surface area contributed by atoms with Crippen molar-refractivity contribution in [1.82, 2.24) is 4.98 Å². The van der Waals surface area contributed by atoms with Gasteiger partial charge in [-0.2, -0.15) is 0 Å². The van der Waals surface area contributed by atoms with Gasteiger partial charge in [0.2, 0.25) is 0 Å². The Kier molecular flexibility index (Phi) is 4.42. The highest BCUT2D eigenvalue weighted by Crippen LogP contribution is 2.20. The van der Waals surface area contributed by atoms with Crippen molar-refractivity contribution in [3.05, 3.63) is 53.5 Å². The van der Waals surface area contributed by atoms with Crippen LogP contribution in [0.3, 0.4) is 0 Å². The highest BCUT2D eigenvalue weighted by Gasteiger charge is 2.15. The predicted molar refractivity (Wildman–Crippen MR) is 72.7 cm³/mol. The van der Waals surface area contributed by atoms with Crippen LogP contribution in [0.15, 0.2) is 30.5 Å². The average Bonchev–Trinajstić information content (AvgIpc) is 2.45. The number of pyridine rings is 1. The summed E-state index contributed by atoms with van der Waals surface area (Å²) >= 11 is 0. The summed E-state index contributed by atoms with van der Waals surface area (Å²) in [5.41, 5.74) is -0.371. The molecule has 2 rings (SSSR count). The molecule has 1 heterocycles. The smallest absolute Gasteiger partial charge is 0.255 e. The van der Waals surface area contributed by atoms with E-state index < -0.39 is 29.0 Å². The second-order valence-corrected chi connectivity index (χ2v) is 4.16. The largest absolute Gasteiger partial charge is 0.370 e. The van der Waals surface area contributed by atoms with Crippen LogP contribution in [0.4, 0.5) is 24.7 Å². The molecule has 1 amide bonds. The first kappa shape index (κ1) is 14.8. The molecule has 0 saturated heterocycles. The summed E-state index contributed by atoms with van der Waals surface area (Å²) in [5.74, 6) is -3.89. The molecule has 0 aliphatic carbocycles. The van der Waals surface area contributed by atoms with Crippen molar-refractivity contribution in [2.24, 2.45) is 0 Å². The zero-order chi connectivity index (χ0) is 15.4. The number of rotatable bonds is 4. The minimum absolute atomic E-state index is 0.185. The summed E-state index contributed by atoms with van der Waals surface area (Å²) in [6.07, 6.45) is 1.40. The molecule has 1 aromatic heterocycles. The molecule has 0 fully saturated rings. The maximum Gasteiger partial charge on any atom is 0.255 e. The third-order valence-corrected chi connectivity index (χ3v) is 2.62. The lowest BCUT2D eigenvalue weighted by atomic mass is 10.2. The summed E-state index contributed by atoms with van der Waals surface area (Å²) in [7, 11) is 0. The van der Waals surface area contributed by atoms with Crippen molar-refractivity contribution in [2.75, 3.05) is 17.2 Å². The van der Waals surface area contributed by atoms with Crippen LogP contribution in [-0.4, -0.2) is 17.4 Å². The Balaban J connectivity index is 2.24. The number of hydrogen-bond donors (Lipinski definition) is 2. The van der Waals surface area contributed by atoms with Gasteiger partial charge in [-0.15, -0.1) is 0 Å². The first-order valence-corrected chi connectivity index (χ1v) is 6.17. The topological polar surface area (TPSA) is 54.0 Å². The third-order valence-electron chi connectivity index (χ3n) is 2.62. The molecule has 1 aromatic carbocycles. The van der Waals surface area contributed by atoms with E-state index in [1.807, 2.05) is 6.92 Å². The van der Waals surface area contributed by atoms with Gasteiger partial charge in [-0.05, 0) is 19.1 Å². The van der Waals surface area contributed by atoms with E-state index in [1.165, 1.54) is 18.3 Å². The Bertz CT molecular complexity index is 677. The molecular weight excluding hydrogens is 283 g/mol. The van der Waals surface area contributed by atoms with Gasteiger partial charge in [0.05, 0.1) is 5.69 Å². The number of benzene rings is 1. The molecule has 2 N–H and O–H groups in total. The van der Waals surface area contributed by atoms with E-state index in [9.17, 15) is 18.0 Å². The normalized spacial score (nSPS) is 10.3. The van der Waals surface area contributed by atoms with E-state index in [2.05, 4.69) is 15.6 Å². The first-order chi connectivity index (χ1) is 10.0. The standard InChI is InChI=1S/C14H12F3N3O/c1-2-18-12-5-8(3-4-19-12)14(21)20-11-7-9(15)6-10(16)13(11)17/h3-7H,2H2,1H3,(H,18,19)(H,20,21). The molecule has 2 aromatic rings. The number of carbonyl (C=O) groups excluding carboxylic acids is 1. The molecular formula is C14H12F3N3O. The number of hydrogen-bond acceptors (Lipinski definition) is 3. The van der Waals surface area contributed by atoms with Gasteiger partial charge in [0.25, 0.3) is 5.91 Å². The Morgan fingerprint density at radius 2 is 2.00 bits per heavy atom. The van der Waals surface area contributed by atoms with Crippen LogP contribution in [0.2, 0.25) is 0 Å². The fourth-order valence-electron chi connectivity index (χ4n) is 1.69. The van der Waals surface area contributed by atoms with E-state index >= 15 is 0 Å². The number of nitrogens with zero attached hydrogens (tertiary/aromatic N) is 1. The highest BCUT2D eigenvalue weighted by molar-refractivity contribution is 6.04. The Hall–Kier alpha value is -2.57. The first-order valence-electron chi connectivity index (χ1n) is 6.17. The molecule has 4 nitrogen and oxygen atoms in total. The van der Waals surface area contributed by atoms with Crippen molar-refractivity contribution < 1.29 is 18.0 Å². The Morgan fingerprint density at radius 3 is 2.71 bits per heavy atom. The van der Waals surface area contributed by atoms with Gasteiger partial charge in [0.15, 0.2) is 11.6 Å². The van der Waals surface area contributed by atoms with Crippen molar-refractivity contribution in [2.45, 2.75) is 6.92 Å². The van der Waals surface area contributed by atoms with Gasteiger partial charge >= 0.3 is 0 Å². The van der Waals surface area contributed by atoms with Crippen LogP contribution < -0.4 is 10.6 Å². The summed E-state index contributed by atoms with van der Waals surface area (Å²) in [4.78, 5) is 15.9. The molecule has 110 valence electrons. The summed E-state index contributed by atoms with van der Waals surface area (Å²) in [6, 6.07) is 3.97. The zero-order valence-corrected chi connectivity index (χ0v) is 11.1. The number of nitrogens with one attached hydrogen (secondary N) is 2. The van der Waals surface area contributed by atoms with Crippen LogP contribution in [-0.2, 0) is 0 Å². The second-order valence-electron chi connectivity index (χ2n) is 4.16. The van der Waals surface area contributed by atoms with E-state index in [4.69, 9.17) is 0 Å². The lowest BCUT2D eigenvalue weighted by Crippen LogP contribution is -2.14. The van der Waals surface area contributed by atoms with Crippen LogP contribution in [0, 0.1) is 17.5 Å². The van der Waals surface area contributed by atoms with Crippen LogP contribution in [0.5, 0.6) is 0 Å². The molecule has 0 radical (unpaired) electrons. The van der Waals surface area contributed by atoms with Crippen molar-refractivity contribution >= 4 is 17.4 Å². The Morgan fingerprint density at radius 1 is 1.24 bits per heavy atom. The van der Waals surface area contributed by atoms with E-state index in [-0.39, 0.29) is 5.56 Å². The lowest BCUT2D eigenvalue weighted by Gasteiger charge is -2.08.